The molecule has 1 heterocycles. The van der Waals surface area contributed by atoms with Gasteiger partial charge in [-0.3, -0.25) is 4.79 Å². The number of carbonyl (C=O) groups excluding carboxylic acids is 1. The lowest BCUT2D eigenvalue weighted by Crippen LogP contribution is -2.51. The molecule has 0 bridgehead atoms. The maximum atomic E-state index is 11.8. The molecule has 0 radical (unpaired) electrons. The Labute approximate surface area is 86.6 Å². The van der Waals surface area contributed by atoms with Crippen LogP contribution in [-0.2, 0) is 4.79 Å². The van der Waals surface area contributed by atoms with Crippen LogP contribution in [0.15, 0.2) is 0 Å². The van der Waals surface area contributed by atoms with E-state index in [-0.39, 0.29) is 17.5 Å². The lowest BCUT2D eigenvalue weighted by molar-refractivity contribution is -0.124. The molecule has 14 heavy (non-hydrogen) atoms. The molecule has 0 spiro atoms. The van der Waals surface area contributed by atoms with E-state index in [9.17, 15) is 4.79 Å². The van der Waals surface area contributed by atoms with E-state index in [1.807, 2.05) is 0 Å². The summed E-state index contributed by atoms with van der Waals surface area (Å²) in [5, 5.41) is 6.35. The molecule has 82 valence electrons. The second kappa shape index (κ2) is 4.78. The molecule has 1 aliphatic rings. The van der Waals surface area contributed by atoms with E-state index < -0.39 is 0 Å². The Kier molecular flexibility index (Phi) is 3.93. The van der Waals surface area contributed by atoms with E-state index in [2.05, 4.69) is 31.4 Å². The molecule has 1 aliphatic heterocycles. The minimum Gasteiger partial charge on any atom is -0.350 e. The van der Waals surface area contributed by atoms with Crippen LogP contribution in [0, 0.1) is 0 Å². The first-order valence-corrected chi connectivity index (χ1v) is 5.66. The van der Waals surface area contributed by atoms with Crippen LogP contribution < -0.4 is 10.6 Å². The molecule has 1 atom stereocenters. The van der Waals surface area contributed by atoms with Crippen LogP contribution in [0.2, 0.25) is 0 Å². The Morgan fingerprint density at radius 2 is 2.14 bits per heavy atom. The van der Waals surface area contributed by atoms with Gasteiger partial charge in [0, 0.05) is 5.54 Å². The van der Waals surface area contributed by atoms with Crippen molar-refractivity contribution in [2.24, 2.45) is 0 Å². The fraction of sp³-hybridized carbons (Fsp3) is 0.909. The van der Waals surface area contributed by atoms with Crippen molar-refractivity contribution in [1.29, 1.82) is 0 Å². The Bertz CT molecular complexity index is 193. The quantitative estimate of drug-likeness (QED) is 0.717. The second-order valence-corrected chi connectivity index (χ2v) is 4.41. The van der Waals surface area contributed by atoms with Crippen LogP contribution in [0.3, 0.4) is 0 Å². The van der Waals surface area contributed by atoms with Crippen LogP contribution in [-0.4, -0.2) is 24.0 Å². The van der Waals surface area contributed by atoms with Crippen molar-refractivity contribution in [3.8, 4) is 0 Å². The highest BCUT2D eigenvalue weighted by atomic mass is 16.2. The smallest absolute Gasteiger partial charge is 0.237 e. The number of hydrogen-bond acceptors (Lipinski definition) is 2. The minimum atomic E-state index is -0.0264. The normalized spacial score (nSPS) is 22.4. The van der Waals surface area contributed by atoms with Gasteiger partial charge in [0.1, 0.15) is 0 Å². The number of rotatable bonds is 4. The van der Waals surface area contributed by atoms with Gasteiger partial charge in [0.2, 0.25) is 5.91 Å². The summed E-state index contributed by atoms with van der Waals surface area (Å²) in [6.07, 6.45) is 4.08. The maximum Gasteiger partial charge on any atom is 0.237 e. The lowest BCUT2D eigenvalue weighted by atomic mass is 9.95. The Morgan fingerprint density at radius 1 is 1.50 bits per heavy atom. The third-order valence-electron chi connectivity index (χ3n) is 3.36. The van der Waals surface area contributed by atoms with Gasteiger partial charge in [-0.05, 0) is 39.2 Å². The van der Waals surface area contributed by atoms with Crippen molar-refractivity contribution in [1.82, 2.24) is 10.6 Å². The van der Waals surface area contributed by atoms with E-state index in [4.69, 9.17) is 0 Å². The Morgan fingerprint density at radius 3 is 2.57 bits per heavy atom. The monoisotopic (exact) mass is 198 g/mol. The molecule has 1 rings (SSSR count). The van der Waals surface area contributed by atoms with Gasteiger partial charge in [0.25, 0.3) is 0 Å². The Hall–Kier alpha value is -0.570. The van der Waals surface area contributed by atoms with Crippen LogP contribution in [0.1, 0.15) is 46.5 Å². The fourth-order valence-electron chi connectivity index (χ4n) is 1.72. The molecule has 3 heteroatoms. The lowest BCUT2D eigenvalue weighted by Gasteiger charge is -2.29. The third kappa shape index (κ3) is 2.71. The molecule has 2 N–H and O–H groups in total. The molecule has 0 aromatic carbocycles. The van der Waals surface area contributed by atoms with E-state index >= 15 is 0 Å². The first-order chi connectivity index (χ1) is 6.61. The van der Waals surface area contributed by atoms with Gasteiger partial charge in [-0.2, -0.15) is 0 Å². The van der Waals surface area contributed by atoms with Gasteiger partial charge in [-0.15, -0.1) is 0 Å². The highest BCUT2D eigenvalue weighted by molar-refractivity contribution is 5.82. The van der Waals surface area contributed by atoms with E-state index in [0.29, 0.717) is 0 Å². The molecule has 1 saturated heterocycles. The molecule has 0 aliphatic carbocycles. The van der Waals surface area contributed by atoms with Crippen molar-refractivity contribution >= 4 is 5.91 Å². The predicted molar refractivity (Wildman–Crippen MR) is 58.2 cm³/mol. The first kappa shape index (κ1) is 11.5. The van der Waals surface area contributed by atoms with E-state index in [0.717, 1.165) is 32.2 Å². The second-order valence-electron chi connectivity index (χ2n) is 4.41. The summed E-state index contributed by atoms with van der Waals surface area (Å²) in [6.45, 7) is 7.32. The molecule has 1 fully saturated rings. The fourth-order valence-corrected chi connectivity index (χ4v) is 1.72. The van der Waals surface area contributed by atoms with Crippen LogP contribution in [0.4, 0.5) is 0 Å². The molecule has 0 unspecified atom stereocenters. The van der Waals surface area contributed by atoms with Crippen LogP contribution in [0.25, 0.3) is 0 Å². The highest BCUT2D eigenvalue weighted by Gasteiger charge is 2.28. The van der Waals surface area contributed by atoms with Gasteiger partial charge >= 0.3 is 0 Å². The largest absolute Gasteiger partial charge is 0.350 e. The minimum absolute atomic E-state index is 0.0264. The average molecular weight is 198 g/mol. The summed E-state index contributed by atoms with van der Waals surface area (Å²) >= 11 is 0. The van der Waals surface area contributed by atoms with E-state index in [1.165, 1.54) is 0 Å². The zero-order valence-corrected chi connectivity index (χ0v) is 9.52. The average Bonchev–Trinajstić information content (AvgIpc) is 2.70. The number of nitrogens with one attached hydrogen (secondary N) is 2. The van der Waals surface area contributed by atoms with Gasteiger partial charge in [-0.25, -0.2) is 0 Å². The van der Waals surface area contributed by atoms with Gasteiger partial charge < -0.3 is 10.6 Å². The SMILES string of the molecule is CCC(C)(CC)NC(=O)[C@@H]1CCCN1. The summed E-state index contributed by atoms with van der Waals surface area (Å²) in [7, 11) is 0. The molecule has 0 aromatic rings. The van der Waals surface area contributed by atoms with Crippen molar-refractivity contribution in [2.75, 3.05) is 6.54 Å². The molecule has 0 saturated carbocycles. The molecular weight excluding hydrogens is 176 g/mol. The molecule has 3 nitrogen and oxygen atoms in total. The van der Waals surface area contributed by atoms with Gasteiger partial charge in [-0.1, -0.05) is 13.8 Å². The summed E-state index contributed by atoms with van der Waals surface area (Å²) in [5.41, 5.74) is -0.0264. The topological polar surface area (TPSA) is 41.1 Å². The molecule has 1 amide bonds. The van der Waals surface area contributed by atoms with Crippen molar-refractivity contribution in [3.63, 3.8) is 0 Å². The first-order valence-electron chi connectivity index (χ1n) is 5.66. The summed E-state index contributed by atoms with van der Waals surface area (Å²) < 4.78 is 0. The summed E-state index contributed by atoms with van der Waals surface area (Å²) in [5.74, 6) is 0.175. The van der Waals surface area contributed by atoms with Crippen LogP contribution >= 0.6 is 0 Å². The maximum absolute atomic E-state index is 11.8. The summed E-state index contributed by atoms with van der Waals surface area (Å²) in [6, 6.07) is 0.0485. The van der Waals surface area contributed by atoms with Crippen LogP contribution in [0.5, 0.6) is 0 Å². The standard InChI is InChI=1S/C11H22N2O/c1-4-11(3,5-2)13-10(14)9-7-6-8-12-9/h9,12H,4-8H2,1-3H3,(H,13,14)/t9-/m0/s1. The number of amides is 1. The van der Waals surface area contributed by atoms with Gasteiger partial charge in [0.15, 0.2) is 0 Å². The Balaban J connectivity index is 2.45. The van der Waals surface area contributed by atoms with Crippen molar-refractivity contribution in [2.45, 2.75) is 58.0 Å². The number of carbonyl (C=O) groups is 1. The summed E-state index contributed by atoms with van der Waals surface area (Å²) in [4.78, 5) is 11.8. The predicted octanol–water partition coefficient (Wildman–Crippen LogP) is 1.43. The zero-order valence-electron chi connectivity index (χ0n) is 9.52. The van der Waals surface area contributed by atoms with Crippen molar-refractivity contribution < 1.29 is 4.79 Å². The number of hydrogen-bond donors (Lipinski definition) is 2. The van der Waals surface area contributed by atoms with Gasteiger partial charge in [0.05, 0.1) is 6.04 Å². The molecule has 0 aromatic heterocycles. The van der Waals surface area contributed by atoms with E-state index in [1.54, 1.807) is 0 Å². The molecular formula is C11H22N2O. The highest BCUT2D eigenvalue weighted by Crippen LogP contribution is 2.15. The van der Waals surface area contributed by atoms with Crippen molar-refractivity contribution in [3.05, 3.63) is 0 Å². The third-order valence-corrected chi connectivity index (χ3v) is 3.36. The zero-order chi connectivity index (χ0) is 10.6.